The standard InChI is InChI=1S/C9H11N5O/c1-5-6(2-3-15-5)7-4-8(10)14(13-7)9(11)12/h2-4H,10H2,1H3,(H3,11,12). The number of nitrogens with one attached hydrogen (secondary N) is 1. The van der Waals surface area contributed by atoms with Gasteiger partial charge in [-0.25, -0.2) is 0 Å². The fourth-order valence-corrected chi connectivity index (χ4v) is 1.37. The van der Waals surface area contributed by atoms with Crippen LogP contribution in [-0.4, -0.2) is 15.7 Å². The fraction of sp³-hybridized carbons (Fsp3) is 0.111. The van der Waals surface area contributed by atoms with Gasteiger partial charge in [0.15, 0.2) is 0 Å². The van der Waals surface area contributed by atoms with Crippen LogP contribution in [0.25, 0.3) is 11.3 Å². The lowest BCUT2D eigenvalue weighted by Crippen LogP contribution is -2.23. The van der Waals surface area contributed by atoms with E-state index in [1.165, 1.54) is 4.68 Å². The van der Waals surface area contributed by atoms with Crippen molar-refractivity contribution in [3.8, 4) is 11.3 Å². The zero-order valence-corrected chi connectivity index (χ0v) is 8.19. The first-order valence-corrected chi connectivity index (χ1v) is 4.34. The van der Waals surface area contributed by atoms with Gasteiger partial charge in [-0.2, -0.15) is 9.78 Å². The summed E-state index contributed by atoms with van der Waals surface area (Å²) in [7, 11) is 0. The second kappa shape index (κ2) is 3.16. The lowest BCUT2D eigenvalue weighted by atomic mass is 10.2. The maximum absolute atomic E-state index is 7.24. The largest absolute Gasteiger partial charge is 0.469 e. The average Bonchev–Trinajstić information content (AvgIpc) is 2.71. The van der Waals surface area contributed by atoms with Crippen LogP contribution in [0.3, 0.4) is 0 Å². The van der Waals surface area contributed by atoms with Gasteiger partial charge in [0.2, 0.25) is 5.96 Å². The van der Waals surface area contributed by atoms with Gasteiger partial charge in [0.05, 0.1) is 12.0 Å². The average molecular weight is 205 g/mol. The third kappa shape index (κ3) is 1.45. The molecule has 2 heterocycles. The lowest BCUT2D eigenvalue weighted by molar-refractivity contribution is 0.535. The van der Waals surface area contributed by atoms with Gasteiger partial charge in [0, 0.05) is 11.6 Å². The van der Waals surface area contributed by atoms with E-state index in [2.05, 4.69) is 5.10 Å². The Kier molecular flexibility index (Phi) is 1.96. The number of hydrogen-bond donors (Lipinski definition) is 3. The lowest BCUT2D eigenvalue weighted by Gasteiger charge is -1.97. The Bertz CT molecular complexity index is 510. The minimum absolute atomic E-state index is 0.208. The molecule has 78 valence electrons. The number of rotatable bonds is 1. The quantitative estimate of drug-likeness (QED) is 0.472. The van der Waals surface area contributed by atoms with Crippen LogP contribution in [0, 0.1) is 12.3 Å². The maximum Gasteiger partial charge on any atom is 0.215 e. The van der Waals surface area contributed by atoms with Gasteiger partial charge in [0.25, 0.3) is 0 Å². The predicted molar refractivity (Wildman–Crippen MR) is 56.4 cm³/mol. The Morgan fingerprint density at radius 2 is 2.33 bits per heavy atom. The molecule has 0 aliphatic carbocycles. The molecule has 15 heavy (non-hydrogen) atoms. The van der Waals surface area contributed by atoms with E-state index in [1.54, 1.807) is 18.4 Å². The highest BCUT2D eigenvalue weighted by Crippen LogP contribution is 2.24. The fourth-order valence-electron chi connectivity index (χ4n) is 1.37. The summed E-state index contributed by atoms with van der Waals surface area (Å²) in [5, 5.41) is 11.3. The highest BCUT2D eigenvalue weighted by molar-refractivity contribution is 5.81. The second-order valence-corrected chi connectivity index (χ2v) is 3.14. The molecule has 0 fully saturated rings. The molecule has 0 aliphatic rings. The first-order valence-electron chi connectivity index (χ1n) is 4.34. The Morgan fingerprint density at radius 3 is 2.80 bits per heavy atom. The van der Waals surface area contributed by atoms with E-state index in [0.29, 0.717) is 11.5 Å². The first-order chi connectivity index (χ1) is 7.09. The number of anilines is 1. The van der Waals surface area contributed by atoms with E-state index in [4.69, 9.17) is 21.3 Å². The van der Waals surface area contributed by atoms with Crippen LogP contribution in [0.5, 0.6) is 0 Å². The summed E-state index contributed by atoms with van der Waals surface area (Å²) in [5.74, 6) is 0.876. The smallest absolute Gasteiger partial charge is 0.215 e. The topological polar surface area (TPSA) is 107 Å². The number of nitrogen functional groups attached to an aromatic ring is 2. The summed E-state index contributed by atoms with van der Waals surface area (Å²) < 4.78 is 6.32. The summed E-state index contributed by atoms with van der Waals surface area (Å²) in [6.45, 7) is 1.83. The number of nitrogens with zero attached hydrogens (tertiary/aromatic N) is 2. The maximum atomic E-state index is 7.24. The van der Waals surface area contributed by atoms with Gasteiger partial charge in [-0.05, 0) is 13.0 Å². The molecule has 0 atom stereocenters. The van der Waals surface area contributed by atoms with Crippen molar-refractivity contribution in [3.05, 3.63) is 24.2 Å². The number of aryl methyl sites for hydroxylation is 1. The molecule has 0 unspecified atom stereocenters. The van der Waals surface area contributed by atoms with E-state index < -0.39 is 0 Å². The molecule has 6 heteroatoms. The zero-order valence-electron chi connectivity index (χ0n) is 8.19. The molecule has 2 aromatic rings. The number of furan rings is 1. The Hall–Kier alpha value is -2.24. The van der Waals surface area contributed by atoms with Gasteiger partial charge >= 0.3 is 0 Å². The third-order valence-corrected chi connectivity index (χ3v) is 2.10. The minimum Gasteiger partial charge on any atom is -0.469 e. The van der Waals surface area contributed by atoms with Crippen molar-refractivity contribution in [1.29, 1.82) is 5.41 Å². The second-order valence-electron chi connectivity index (χ2n) is 3.14. The molecule has 0 saturated heterocycles. The molecule has 0 aromatic carbocycles. The van der Waals surface area contributed by atoms with Gasteiger partial charge < -0.3 is 15.9 Å². The number of hydrogen-bond acceptors (Lipinski definition) is 4. The van der Waals surface area contributed by atoms with Crippen LogP contribution >= 0.6 is 0 Å². The van der Waals surface area contributed by atoms with Crippen LogP contribution in [0.4, 0.5) is 5.82 Å². The molecular formula is C9H11N5O. The summed E-state index contributed by atoms with van der Waals surface area (Å²) >= 11 is 0. The predicted octanol–water partition coefficient (Wildman–Crippen LogP) is 0.775. The van der Waals surface area contributed by atoms with Gasteiger partial charge in [0.1, 0.15) is 11.6 Å². The van der Waals surface area contributed by atoms with Crippen molar-refractivity contribution in [1.82, 2.24) is 9.78 Å². The van der Waals surface area contributed by atoms with Crippen molar-refractivity contribution in [2.45, 2.75) is 6.92 Å². The Balaban J connectivity index is 2.52. The summed E-state index contributed by atoms with van der Waals surface area (Å²) in [5.41, 5.74) is 12.4. The molecule has 5 N–H and O–H groups in total. The normalized spacial score (nSPS) is 10.5. The van der Waals surface area contributed by atoms with Crippen LogP contribution in [0.15, 0.2) is 22.8 Å². The van der Waals surface area contributed by atoms with E-state index >= 15 is 0 Å². The zero-order chi connectivity index (χ0) is 11.0. The van der Waals surface area contributed by atoms with Gasteiger partial charge in [-0.1, -0.05) is 0 Å². The minimum atomic E-state index is -0.208. The van der Waals surface area contributed by atoms with Crippen LogP contribution in [0.1, 0.15) is 5.76 Å². The van der Waals surface area contributed by atoms with E-state index in [9.17, 15) is 0 Å². The Morgan fingerprint density at radius 1 is 1.60 bits per heavy atom. The van der Waals surface area contributed by atoms with Crippen molar-refractivity contribution in [2.75, 3.05) is 5.73 Å². The van der Waals surface area contributed by atoms with Crippen LogP contribution < -0.4 is 11.5 Å². The van der Waals surface area contributed by atoms with E-state index in [0.717, 1.165) is 11.3 Å². The van der Waals surface area contributed by atoms with Crippen molar-refractivity contribution in [3.63, 3.8) is 0 Å². The van der Waals surface area contributed by atoms with Gasteiger partial charge in [-0.15, -0.1) is 0 Å². The third-order valence-electron chi connectivity index (χ3n) is 2.10. The van der Waals surface area contributed by atoms with Crippen molar-refractivity contribution in [2.24, 2.45) is 5.73 Å². The van der Waals surface area contributed by atoms with E-state index in [1.807, 2.05) is 6.92 Å². The number of aromatic nitrogens is 2. The summed E-state index contributed by atoms with van der Waals surface area (Å²) in [6.07, 6.45) is 1.58. The SMILES string of the molecule is Cc1occc1-c1cc(N)n(C(=N)N)n1. The van der Waals surface area contributed by atoms with Gasteiger partial charge in [-0.3, -0.25) is 5.41 Å². The first kappa shape index (κ1) is 9.32. The molecule has 0 radical (unpaired) electrons. The van der Waals surface area contributed by atoms with Crippen LogP contribution in [0.2, 0.25) is 0 Å². The monoisotopic (exact) mass is 205 g/mol. The molecule has 6 nitrogen and oxygen atoms in total. The highest BCUT2D eigenvalue weighted by atomic mass is 16.3. The molecule has 0 bridgehead atoms. The molecule has 0 aliphatic heterocycles. The Labute approximate surface area is 86.0 Å². The molecule has 0 amide bonds. The van der Waals surface area contributed by atoms with Crippen LogP contribution in [-0.2, 0) is 0 Å². The van der Waals surface area contributed by atoms with Crippen molar-refractivity contribution >= 4 is 11.8 Å². The summed E-state index contributed by atoms with van der Waals surface area (Å²) in [6, 6.07) is 3.45. The number of nitrogens with two attached hydrogens (primary N) is 2. The molecular weight excluding hydrogens is 194 g/mol. The molecule has 2 aromatic heterocycles. The van der Waals surface area contributed by atoms with E-state index in [-0.39, 0.29) is 5.96 Å². The summed E-state index contributed by atoms with van der Waals surface area (Å²) in [4.78, 5) is 0. The molecule has 0 saturated carbocycles. The highest BCUT2D eigenvalue weighted by Gasteiger charge is 2.12. The molecule has 0 spiro atoms. The molecule has 2 rings (SSSR count). The van der Waals surface area contributed by atoms with Crippen molar-refractivity contribution < 1.29 is 4.42 Å².